The Labute approximate surface area is 154 Å². The summed E-state index contributed by atoms with van der Waals surface area (Å²) in [4.78, 5) is 12.4. The van der Waals surface area contributed by atoms with Gasteiger partial charge in [-0.2, -0.15) is 0 Å². The van der Waals surface area contributed by atoms with E-state index in [-0.39, 0.29) is 30.2 Å². The van der Waals surface area contributed by atoms with Crippen molar-refractivity contribution in [2.24, 2.45) is 5.92 Å². The van der Waals surface area contributed by atoms with Gasteiger partial charge in [0.2, 0.25) is 5.91 Å². The number of halogens is 2. The van der Waals surface area contributed by atoms with Crippen molar-refractivity contribution in [1.29, 1.82) is 0 Å². The molecule has 0 radical (unpaired) electrons. The Bertz CT molecular complexity index is 674. The lowest BCUT2D eigenvalue weighted by Crippen LogP contribution is -2.29. The zero-order valence-corrected chi connectivity index (χ0v) is 14.9. The standard InChI is InChI=1S/C20H23FN2O.ClH/c21-18-8-4-7-17(13-18)20(16-5-2-1-3-6-16)23-19(24)10-9-15-11-12-22-14-15;/h1-8,13,15,20,22H,9-12,14H2,(H,23,24);1H. The van der Waals surface area contributed by atoms with Crippen LogP contribution in [-0.2, 0) is 4.79 Å². The van der Waals surface area contributed by atoms with Gasteiger partial charge in [0, 0.05) is 6.42 Å². The van der Waals surface area contributed by atoms with Gasteiger partial charge in [0.1, 0.15) is 5.82 Å². The van der Waals surface area contributed by atoms with E-state index in [9.17, 15) is 9.18 Å². The molecular formula is C20H24ClFN2O. The monoisotopic (exact) mass is 362 g/mol. The lowest BCUT2D eigenvalue weighted by atomic mass is 9.97. The number of benzene rings is 2. The number of nitrogens with one attached hydrogen (secondary N) is 2. The number of hydrogen-bond donors (Lipinski definition) is 2. The van der Waals surface area contributed by atoms with Crippen LogP contribution in [0.1, 0.15) is 36.4 Å². The molecule has 1 aliphatic heterocycles. The molecule has 2 N–H and O–H groups in total. The first-order chi connectivity index (χ1) is 11.7. The molecule has 0 saturated carbocycles. The van der Waals surface area contributed by atoms with Crippen molar-refractivity contribution < 1.29 is 9.18 Å². The first kappa shape index (κ1) is 19.4. The maximum absolute atomic E-state index is 13.6. The van der Waals surface area contributed by atoms with Crippen LogP contribution in [0.2, 0.25) is 0 Å². The van der Waals surface area contributed by atoms with E-state index in [4.69, 9.17) is 0 Å². The number of carbonyl (C=O) groups excluding carboxylic acids is 1. The molecule has 5 heteroatoms. The van der Waals surface area contributed by atoms with Crippen LogP contribution in [0.15, 0.2) is 54.6 Å². The quantitative estimate of drug-likeness (QED) is 0.819. The smallest absolute Gasteiger partial charge is 0.220 e. The predicted octanol–water partition coefficient (Wildman–Crippen LogP) is 3.84. The minimum Gasteiger partial charge on any atom is -0.345 e. The Morgan fingerprint density at radius 3 is 2.60 bits per heavy atom. The SMILES string of the molecule is Cl.O=C(CCC1CCNC1)NC(c1ccccc1)c1cccc(F)c1. The van der Waals surface area contributed by atoms with Crippen molar-refractivity contribution in [2.45, 2.75) is 25.3 Å². The van der Waals surface area contributed by atoms with Gasteiger partial charge < -0.3 is 10.6 Å². The molecule has 3 rings (SSSR count). The van der Waals surface area contributed by atoms with Crippen LogP contribution in [0.3, 0.4) is 0 Å². The Morgan fingerprint density at radius 2 is 1.92 bits per heavy atom. The van der Waals surface area contributed by atoms with Crippen LogP contribution in [0, 0.1) is 11.7 Å². The van der Waals surface area contributed by atoms with Crippen molar-refractivity contribution in [3.63, 3.8) is 0 Å². The third kappa shape index (κ3) is 5.55. The Kier molecular flexibility index (Phi) is 7.41. The number of hydrogen-bond acceptors (Lipinski definition) is 2. The first-order valence-electron chi connectivity index (χ1n) is 8.53. The van der Waals surface area contributed by atoms with Gasteiger partial charge in [0.05, 0.1) is 6.04 Å². The van der Waals surface area contributed by atoms with E-state index in [1.165, 1.54) is 12.1 Å². The molecule has 25 heavy (non-hydrogen) atoms. The van der Waals surface area contributed by atoms with Gasteiger partial charge >= 0.3 is 0 Å². The van der Waals surface area contributed by atoms with Crippen LogP contribution in [0.4, 0.5) is 4.39 Å². The van der Waals surface area contributed by atoms with E-state index < -0.39 is 0 Å². The van der Waals surface area contributed by atoms with Gasteiger partial charge in [-0.25, -0.2) is 4.39 Å². The molecule has 2 aromatic carbocycles. The fourth-order valence-electron chi connectivity index (χ4n) is 3.22. The average Bonchev–Trinajstić information content (AvgIpc) is 3.12. The summed E-state index contributed by atoms with van der Waals surface area (Å²) in [5, 5.41) is 6.40. The highest BCUT2D eigenvalue weighted by molar-refractivity contribution is 5.85. The van der Waals surface area contributed by atoms with Crippen molar-refractivity contribution in [3.05, 3.63) is 71.5 Å². The molecule has 1 aliphatic rings. The van der Waals surface area contributed by atoms with Crippen LogP contribution in [0.5, 0.6) is 0 Å². The summed E-state index contributed by atoms with van der Waals surface area (Å²) in [5.74, 6) is 0.305. The molecule has 134 valence electrons. The summed E-state index contributed by atoms with van der Waals surface area (Å²) in [6.45, 7) is 2.04. The molecular weight excluding hydrogens is 339 g/mol. The summed E-state index contributed by atoms with van der Waals surface area (Å²) in [7, 11) is 0. The van der Waals surface area contributed by atoms with E-state index in [1.807, 2.05) is 36.4 Å². The molecule has 2 aromatic rings. The van der Waals surface area contributed by atoms with Crippen molar-refractivity contribution in [2.75, 3.05) is 13.1 Å². The second-order valence-electron chi connectivity index (χ2n) is 6.36. The van der Waals surface area contributed by atoms with Gasteiger partial charge in [-0.15, -0.1) is 12.4 Å². The fourth-order valence-corrected chi connectivity index (χ4v) is 3.22. The minimum atomic E-state index is -0.323. The largest absolute Gasteiger partial charge is 0.345 e. The van der Waals surface area contributed by atoms with Gasteiger partial charge in [0.25, 0.3) is 0 Å². The molecule has 0 aromatic heterocycles. The summed E-state index contributed by atoms with van der Waals surface area (Å²) >= 11 is 0. The summed E-state index contributed by atoms with van der Waals surface area (Å²) in [6.07, 6.45) is 2.54. The van der Waals surface area contributed by atoms with Crippen molar-refractivity contribution in [1.82, 2.24) is 10.6 Å². The Balaban J connectivity index is 0.00000225. The molecule has 1 heterocycles. The zero-order valence-electron chi connectivity index (χ0n) is 14.1. The molecule has 2 atom stereocenters. The predicted molar refractivity (Wildman–Crippen MR) is 100 cm³/mol. The number of carbonyl (C=O) groups is 1. The fraction of sp³-hybridized carbons (Fsp3) is 0.350. The number of amides is 1. The second-order valence-corrected chi connectivity index (χ2v) is 6.36. The second kappa shape index (κ2) is 9.54. The highest BCUT2D eigenvalue weighted by atomic mass is 35.5. The van der Waals surface area contributed by atoms with Gasteiger partial charge in [-0.05, 0) is 55.1 Å². The van der Waals surface area contributed by atoms with E-state index in [2.05, 4.69) is 10.6 Å². The molecule has 0 spiro atoms. The van der Waals surface area contributed by atoms with Gasteiger partial charge in [0.15, 0.2) is 0 Å². The summed E-state index contributed by atoms with van der Waals surface area (Å²) < 4.78 is 13.6. The molecule has 1 fully saturated rings. The van der Waals surface area contributed by atoms with Crippen molar-refractivity contribution in [3.8, 4) is 0 Å². The van der Waals surface area contributed by atoms with E-state index in [0.29, 0.717) is 12.3 Å². The van der Waals surface area contributed by atoms with Crippen LogP contribution in [-0.4, -0.2) is 19.0 Å². The summed E-state index contributed by atoms with van der Waals surface area (Å²) in [5.41, 5.74) is 1.72. The first-order valence-corrected chi connectivity index (χ1v) is 8.53. The third-order valence-corrected chi connectivity index (χ3v) is 4.56. The summed E-state index contributed by atoms with van der Waals surface area (Å²) in [6, 6.07) is 15.8. The van der Waals surface area contributed by atoms with Crippen LogP contribution in [0.25, 0.3) is 0 Å². The lowest BCUT2D eigenvalue weighted by Gasteiger charge is -2.20. The molecule has 1 saturated heterocycles. The maximum Gasteiger partial charge on any atom is 0.220 e. The van der Waals surface area contributed by atoms with Crippen LogP contribution < -0.4 is 10.6 Å². The molecule has 0 aliphatic carbocycles. The third-order valence-electron chi connectivity index (χ3n) is 4.56. The molecule has 3 nitrogen and oxygen atoms in total. The normalized spacial score (nSPS) is 17.6. The van der Waals surface area contributed by atoms with Gasteiger partial charge in [-0.3, -0.25) is 4.79 Å². The Morgan fingerprint density at radius 1 is 1.16 bits per heavy atom. The zero-order chi connectivity index (χ0) is 16.8. The van der Waals surface area contributed by atoms with Gasteiger partial charge in [-0.1, -0.05) is 42.5 Å². The highest BCUT2D eigenvalue weighted by Crippen LogP contribution is 2.23. The average molecular weight is 363 g/mol. The Hall–Kier alpha value is -1.91. The topological polar surface area (TPSA) is 41.1 Å². The van der Waals surface area contributed by atoms with E-state index in [0.717, 1.165) is 37.1 Å². The maximum atomic E-state index is 13.6. The molecule has 1 amide bonds. The van der Waals surface area contributed by atoms with Crippen molar-refractivity contribution >= 4 is 18.3 Å². The minimum absolute atomic E-state index is 0. The van der Waals surface area contributed by atoms with Crippen LogP contribution >= 0.6 is 12.4 Å². The lowest BCUT2D eigenvalue weighted by molar-refractivity contribution is -0.121. The van der Waals surface area contributed by atoms with E-state index >= 15 is 0 Å². The molecule has 2 unspecified atom stereocenters. The highest BCUT2D eigenvalue weighted by Gasteiger charge is 2.19. The number of rotatable bonds is 6. The van der Waals surface area contributed by atoms with E-state index in [1.54, 1.807) is 6.07 Å². The molecule has 0 bridgehead atoms.